The van der Waals surface area contributed by atoms with Gasteiger partial charge < -0.3 is 5.11 Å². The van der Waals surface area contributed by atoms with Gasteiger partial charge in [-0.1, -0.05) is 4.49 Å². The van der Waals surface area contributed by atoms with Crippen molar-refractivity contribution in [1.29, 1.82) is 0 Å². The van der Waals surface area contributed by atoms with Gasteiger partial charge in [0, 0.05) is 16.0 Å². The molecule has 3 nitrogen and oxygen atoms in total. The van der Waals surface area contributed by atoms with E-state index < -0.39 is 0 Å². The molecule has 5 heteroatoms. The van der Waals surface area contributed by atoms with Crippen molar-refractivity contribution in [1.82, 2.24) is 9.59 Å². The van der Waals surface area contributed by atoms with Gasteiger partial charge in [0.2, 0.25) is 0 Å². The highest BCUT2D eigenvalue weighted by molar-refractivity contribution is 7.98. The van der Waals surface area contributed by atoms with Gasteiger partial charge in [-0.25, -0.2) is 0 Å². The van der Waals surface area contributed by atoms with E-state index in [9.17, 15) is 0 Å². The molecule has 1 heterocycles. The molecule has 0 unspecified atom stereocenters. The van der Waals surface area contributed by atoms with Crippen LogP contribution in [0.4, 0.5) is 0 Å². The van der Waals surface area contributed by atoms with Crippen LogP contribution in [0.1, 0.15) is 5.69 Å². The first-order valence-corrected chi connectivity index (χ1v) is 5.84. The molecule has 0 amide bonds. The maximum atomic E-state index is 9.08. The molecule has 0 saturated carbocycles. The molecule has 0 fully saturated rings. The van der Waals surface area contributed by atoms with E-state index >= 15 is 0 Å². The maximum absolute atomic E-state index is 9.08. The lowest BCUT2D eigenvalue weighted by molar-refractivity contribution is 0.475. The molecule has 0 aliphatic heterocycles. The van der Waals surface area contributed by atoms with Crippen molar-refractivity contribution < 1.29 is 5.11 Å². The van der Waals surface area contributed by atoms with Crippen molar-refractivity contribution in [3.63, 3.8) is 0 Å². The largest absolute Gasteiger partial charge is 0.508 e. The number of rotatable bonds is 3. The Labute approximate surface area is 90.0 Å². The van der Waals surface area contributed by atoms with Crippen LogP contribution in [0.2, 0.25) is 0 Å². The first kappa shape index (κ1) is 9.48. The number of benzene rings is 1. The Morgan fingerprint density at radius 1 is 1.29 bits per heavy atom. The molecule has 1 N–H and O–H groups in total. The minimum absolute atomic E-state index is 0.296. The summed E-state index contributed by atoms with van der Waals surface area (Å²) >= 11 is 3.04. The number of aromatic hydroxyl groups is 1. The van der Waals surface area contributed by atoms with Gasteiger partial charge in [-0.2, -0.15) is 0 Å². The van der Waals surface area contributed by atoms with Crippen LogP contribution < -0.4 is 0 Å². The second-order valence-electron chi connectivity index (χ2n) is 2.68. The van der Waals surface area contributed by atoms with E-state index in [1.807, 2.05) is 17.5 Å². The highest BCUT2D eigenvalue weighted by atomic mass is 32.2. The number of hydrogen-bond donors (Lipinski definition) is 1. The van der Waals surface area contributed by atoms with Gasteiger partial charge in [-0.3, -0.25) is 0 Å². The highest BCUT2D eigenvalue weighted by Crippen LogP contribution is 2.23. The van der Waals surface area contributed by atoms with Gasteiger partial charge in [-0.05, 0) is 35.8 Å². The average molecular weight is 224 g/mol. The van der Waals surface area contributed by atoms with Crippen LogP contribution in [0, 0.1) is 0 Å². The molecule has 0 spiro atoms. The number of phenols is 1. The summed E-state index contributed by atoms with van der Waals surface area (Å²) in [7, 11) is 0. The van der Waals surface area contributed by atoms with Crippen LogP contribution in [-0.2, 0) is 5.75 Å². The Morgan fingerprint density at radius 2 is 2.07 bits per heavy atom. The Morgan fingerprint density at radius 3 is 2.71 bits per heavy atom. The monoisotopic (exact) mass is 224 g/mol. The first-order chi connectivity index (χ1) is 6.84. The standard InChI is InChI=1S/C9H8N2OS2/c12-8-1-3-9(4-2-8)13-5-7-6-14-11-10-7/h1-4,6,12H,5H2. The minimum Gasteiger partial charge on any atom is -0.508 e. The minimum atomic E-state index is 0.296. The number of phenolic OH excluding ortho intramolecular Hbond substituents is 1. The first-order valence-electron chi connectivity index (χ1n) is 4.02. The maximum Gasteiger partial charge on any atom is 0.115 e. The molecule has 0 atom stereocenters. The molecule has 1 aromatic heterocycles. The second kappa shape index (κ2) is 4.43. The Balaban J connectivity index is 1.95. The quantitative estimate of drug-likeness (QED) is 0.814. The smallest absolute Gasteiger partial charge is 0.115 e. The topological polar surface area (TPSA) is 46.0 Å². The third-order valence-corrected chi connectivity index (χ3v) is 3.23. The van der Waals surface area contributed by atoms with Crippen molar-refractivity contribution in [2.24, 2.45) is 0 Å². The van der Waals surface area contributed by atoms with Crippen LogP contribution in [0.5, 0.6) is 5.75 Å². The molecular formula is C9H8N2OS2. The Hall–Kier alpha value is -1.07. The van der Waals surface area contributed by atoms with Crippen LogP contribution in [0.15, 0.2) is 34.5 Å². The van der Waals surface area contributed by atoms with E-state index in [2.05, 4.69) is 9.59 Å². The fourth-order valence-electron chi connectivity index (χ4n) is 0.947. The summed E-state index contributed by atoms with van der Waals surface area (Å²) in [5, 5.41) is 15.0. The SMILES string of the molecule is Oc1ccc(SCc2csnn2)cc1. The summed E-state index contributed by atoms with van der Waals surface area (Å²) in [6, 6.07) is 7.14. The molecule has 14 heavy (non-hydrogen) atoms. The van der Waals surface area contributed by atoms with E-state index in [0.29, 0.717) is 5.75 Å². The van der Waals surface area contributed by atoms with Gasteiger partial charge in [0.25, 0.3) is 0 Å². The van der Waals surface area contributed by atoms with E-state index in [0.717, 1.165) is 16.3 Å². The van der Waals surface area contributed by atoms with Crippen molar-refractivity contribution in [3.05, 3.63) is 35.3 Å². The van der Waals surface area contributed by atoms with Gasteiger partial charge in [0.05, 0.1) is 5.69 Å². The molecule has 0 bridgehead atoms. The molecule has 0 radical (unpaired) electrons. The lowest BCUT2D eigenvalue weighted by Gasteiger charge is -1.98. The molecule has 1 aromatic carbocycles. The zero-order chi connectivity index (χ0) is 9.80. The molecule has 72 valence electrons. The van der Waals surface area contributed by atoms with E-state index in [4.69, 9.17) is 5.11 Å². The number of thioether (sulfide) groups is 1. The zero-order valence-electron chi connectivity index (χ0n) is 7.25. The van der Waals surface area contributed by atoms with Crippen molar-refractivity contribution in [3.8, 4) is 5.75 Å². The fourth-order valence-corrected chi connectivity index (χ4v) is 2.29. The molecular weight excluding hydrogens is 216 g/mol. The van der Waals surface area contributed by atoms with Crippen LogP contribution in [-0.4, -0.2) is 14.7 Å². The molecule has 0 saturated heterocycles. The predicted molar refractivity (Wildman–Crippen MR) is 57.6 cm³/mol. The normalized spacial score (nSPS) is 10.3. The van der Waals surface area contributed by atoms with Crippen molar-refractivity contribution in [2.45, 2.75) is 10.6 Å². The van der Waals surface area contributed by atoms with Crippen LogP contribution in [0.25, 0.3) is 0 Å². The van der Waals surface area contributed by atoms with Gasteiger partial charge in [0.15, 0.2) is 0 Å². The Kier molecular flexibility index (Phi) is 3.00. The van der Waals surface area contributed by atoms with Crippen LogP contribution in [0.3, 0.4) is 0 Å². The zero-order valence-corrected chi connectivity index (χ0v) is 8.88. The number of hydrogen-bond acceptors (Lipinski definition) is 5. The Bertz CT molecular complexity index is 386. The summed E-state index contributed by atoms with van der Waals surface area (Å²) in [6.07, 6.45) is 0. The van der Waals surface area contributed by atoms with Gasteiger partial charge >= 0.3 is 0 Å². The lowest BCUT2D eigenvalue weighted by atomic mass is 10.3. The van der Waals surface area contributed by atoms with Crippen LogP contribution >= 0.6 is 23.3 Å². The average Bonchev–Trinajstić information content (AvgIpc) is 2.70. The third-order valence-electron chi connectivity index (χ3n) is 1.63. The molecule has 0 aliphatic rings. The molecule has 0 aliphatic carbocycles. The predicted octanol–water partition coefficient (Wildman–Crippen LogP) is 2.54. The van der Waals surface area contributed by atoms with Crippen molar-refractivity contribution in [2.75, 3.05) is 0 Å². The summed E-state index contributed by atoms with van der Waals surface area (Å²) in [5.41, 5.74) is 0.994. The second-order valence-corrected chi connectivity index (χ2v) is 4.34. The van der Waals surface area contributed by atoms with E-state index in [-0.39, 0.29) is 0 Å². The summed E-state index contributed by atoms with van der Waals surface area (Å²) in [4.78, 5) is 1.12. The number of aromatic nitrogens is 2. The third kappa shape index (κ3) is 2.46. The van der Waals surface area contributed by atoms with Crippen molar-refractivity contribution >= 4 is 23.3 Å². The van der Waals surface area contributed by atoms with Gasteiger partial charge in [-0.15, -0.1) is 16.9 Å². The van der Waals surface area contributed by atoms with Gasteiger partial charge in [0.1, 0.15) is 5.75 Å². The summed E-state index contributed by atoms with van der Waals surface area (Å²) in [6.45, 7) is 0. The summed E-state index contributed by atoms with van der Waals surface area (Å²) < 4.78 is 3.79. The molecule has 2 aromatic rings. The number of nitrogens with zero attached hydrogens (tertiary/aromatic N) is 2. The lowest BCUT2D eigenvalue weighted by Crippen LogP contribution is -1.80. The van der Waals surface area contributed by atoms with E-state index in [1.165, 1.54) is 11.5 Å². The van der Waals surface area contributed by atoms with E-state index in [1.54, 1.807) is 23.9 Å². The molecule has 2 rings (SSSR count). The fraction of sp³-hybridized carbons (Fsp3) is 0.111. The highest BCUT2D eigenvalue weighted by Gasteiger charge is 1.98. The summed E-state index contributed by atoms with van der Waals surface area (Å²) in [5.74, 6) is 1.12.